The summed E-state index contributed by atoms with van der Waals surface area (Å²) in [5, 5.41) is 22.2. The van der Waals surface area contributed by atoms with Crippen LogP contribution in [0.25, 0.3) is 11.0 Å². The zero-order valence-corrected chi connectivity index (χ0v) is 17.2. The highest BCUT2D eigenvalue weighted by Crippen LogP contribution is 2.37. The summed E-state index contributed by atoms with van der Waals surface area (Å²) in [4.78, 5) is 11.6. The quantitative estimate of drug-likeness (QED) is 0.537. The van der Waals surface area contributed by atoms with Gasteiger partial charge in [0.1, 0.15) is 17.2 Å². The van der Waals surface area contributed by atoms with E-state index in [1.54, 1.807) is 17.7 Å². The normalized spacial score (nSPS) is 16.9. The highest BCUT2D eigenvalue weighted by Gasteiger charge is 2.21. The van der Waals surface area contributed by atoms with Crippen LogP contribution in [-0.2, 0) is 13.1 Å². The Balaban J connectivity index is 1.24. The fourth-order valence-electron chi connectivity index (χ4n) is 4.26. The highest BCUT2D eigenvalue weighted by atomic mass is 32.1. The van der Waals surface area contributed by atoms with Gasteiger partial charge in [-0.15, -0.1) is 20.4 Å². The van der Waals surface area contributed by atoms with Crippen LogP contribution in [0.5, 0.6) is 0 Å². The molecule has 1 aliphatic heterocycles. The molecular formula is C20H21N9S. The number of hydrogen-bond donors (Lipinski definition) is 1. The molecular weight excluding hydrogens is 398 g/mol. The van der Waals surface area contributed by atoms with E-state index in [0.717, 1.165) is 58.1 Å². The second kappa shape index (κ2) is 7.28. The maximum Gasteiger partial charge on any atom is 0.211 e. The molecule has 1 aliphatic carbocycles. The number of pyridine rings is 2. The number of aromatic nitrogens is 7. The van der Waals surface area contributed by atoms with Crippen molar-refractivity contribution in [1.82, 2.24) is 34.9 Å². The molecule has 0 aromatic carbocycles. The van der Waals surface area contributed by atoms with Crippen molar-refractivity contribution in [2.24, 2.45) is 0 Å². The molecule has 6 rings (SSSR count). The van der Waals surface area contributed by atoms with Gasteiger partial charge in [0.2, 0.25) is 5.13 Å². The van der Waals surface area contributed by atoms with Gasteiger partial charge in [-0.05, 0) is 31.0 Å². The van der Waals surface area contributed by atoms with Gasteiger partial charge in [-0.1, -0.05) is 24.2 Å². The molecule has 2 aliphatic rings. The highest BCUT2D eigenvalue weighted by molar-refractivity contribution is 7.15. The lowest BCUT2D eigenvalue weighted by Crippen LogP contribution is -2.33. The number of rotatable bonds is 4. The predicted octanol–water partition coefficient (Wildman–Crippen LogP) is 3.49. The summed E-state index contributed by atoms with van der Waals surface area (Å²) in [5.74, 6) is 2.30. The van der Waals surface area contributed by atoms with Gasteiger partial charge in [0.25, 0.3) is 0 Å². The monoisotopic (exact) mass is 419 g/mol. The molecule has 4 aromatic heterocycles. The van der Waals surface area contributed by atoms with E-state index in [2.05, 4.69) is 46.2 Å². The summed E-state index contributed by atoms with van der Waals surface area (Å²) in [6, 6.07) is 6.01. The van der Waals surface area contributed by atoms with Crippen molar-refractivity contribution in [2.45, 2.75) is 44.7 Å². The molecule has 9 nitrogen and oxygen atoms in total. The maximum atomic E-state index is 4.77. The first-order chi connectivity index (χ1) is 14.8. The van der Waals surface area contributed by atoms with E-state index in [1.165, 1.54) is 25.7 Å². The number of nitrogens with one attached hydrogen (secondary N) is 1. The SMILES string of the molecule is c1nc2ccc(Nc3nnc(C4CCCC4)s3)nc2cc1N1CCn2cnnc2C1. The Kier molecular flexibility index (Phi) is 4.29. The molecule has 0 saturated heterocycles. The van der Waals surface area contributed by atoms with Crippen LogP contribution in [-0.4, -0.2) is 41.5 Å². The Hall–Kier alpha value is -3.14. The van der Waals surface area contributed by atoms with Crippen molar-refractivity contribution in [3.8, 4) is 0 Å². The van der Waals surface area contributed by atoms with Crippen LogP contribution in [0.2, 0.25) is 0 Å². The first-order valence-electron chi connectivity index (χ1n) is 10.3. The lowest BCUT2D eigenvalue weighted by atomic mass is 10.1. The summed E-state index contributed by atoms with van der Waals surface area (Å²) >= 11 is 1.64. The Morgan fingerprint density at radius 1 is 1.03 bits per heavy atom. The Labute approximate surface area is 177 Å². The van der Waals surface area contributed by atoms with Gasteiger partial charge in [-0.2, -0.15) is 0 Å². The second-order valence-corrected chi connectivity index (χ2v) is 8.85. The fraction of sp³-hybridized carbons (Fsp3) is 0.400. The summed E-state index contributed by atoms with van der Waals surface area (Å²) in [7, 11) is 0. The number of nitrogens with zero attached hydrogens (tertiary/aromatic N) is 8. The lowest BCUT2D eigenvalue weighted by molar-refractivity contribution is 0.560. The predicted molar refractivity (Wildman–Crippen MR) is 115 cm³/mol. The molecule has 4 aromatic rings. The van der Waals surface area contributed by atoms with Crippen molar-refractivity contribution in [3.05, 3.63) is 41.6 Å². The molecule has 1 saturated carbocycles. The Morgan fingerprint density at radius 2 is 1.97 bits per heavy atom. The molecule has 5 heterocycles. The third-order valence-electron chi connectivity index (χ3n) is 5.91. The Morgan fingerprint density at radius 3 is 2.90 bits per heavy atom. The minimum Gasteiger partial charge on any atom is -0.361 e. The largest absolute Gasteiger partial charge is 0.361 e. The van der Waals surface area contributed by atoms with E-state index in [4.69, 9.17) is 4.98 Å². The first-order valence-corrected chi connectivity index (χ1v) is 11.1. The van der Waals surface area contributed by atoms with Crippen LogP contribution in [0.3, 0.4) is 0 Å². The molecule has 0 amide bonds. The minimum absolute atomic E-state index is 0.574. The summed E-state index contributed by atoms with van der Waals surface area (Å²) < 4.78 is 2.09. The van der Waals surface area contributed by atoms with E-state index < -0.39 is 0 Å². The lowest BCUT2D eigenvalue weighted by Gasteiger charge is -2.28. The topological polar surface area (TPSA) is 97.5 Å². The van der Waals surface area contributed by atoms with Gasteiger partial charge in [0.15, 0.2) is 5.82 Å². The average Bonchev–Trinajstić information content (AvgIpc) is 3.53. The van der Waals surface area contributed by atoms with Crippen molar-refractivity contribution in [1.29, 1.82) is 0 Å². The van der Waals surface area contributed by atoms with Crippen molar-refractivity contribution in [3.63, 3.8) is 0 Å². The van der Waals surface area contributed by atoms with E-state index in [0.29, 0.717) is 5.92 Å². The van der Waals surface area contributed by atoms with Crippen LogP contribution < -0.4 is 10.2 Å². The number of fused-ring (bicyclic) bond motifs is 2. The van der Waals surface area contributed by atoms with E-state index >= 15 is 0 Å². The average molecular weight is 420 g/mol. The molecule has 0 unspecified atom stereocenters. The van der Waals surface area contributed by atoms with Crippen molar-refractivity contribution >= 4 is 39.0 Å². The standard InChI is InChI=1S/C20H21N9S/c1-2-4-13(3-1)19-26-27-20(30-19)24-17-6-5-15-16(23-17)9-14(10-21-15)28-7-8-29-12-22-25-18(29)11-28/h5-6,9-10,12-13H,1-4,7-8,11H2,(H,23,24,27). The smallest absolute Gasteiger partial charge is 0.211 e. The van der Waals surface area contributed by atoms with Gasteiger partial charge < -0.3 is 14.8 Å². The van der Waals surface area contributed by atoms with Crippen LogP contribution in [0.15, 0.2) is 30.7 Å². The van der Waals surface area contributed by atoms with E-state index in [-0.39, 0.29) is 0 Å². The summed E-state index contributed by atoms with van der Waals surface area (Å²) in [5.41, 5.74) is 2.76. The molecule has 0 radical (unpaired) electrons. The number of anilines is 3. The van der Waals surface area contributed by atoms with Crippen molar-refractivity contribution in [2.75, 3.05) is 16.8 Å². The zero-order chi connectivity index (χ0) is 19.9. The third-order valence-corrected chi connectivity index (χ3v) is 6.91. The van der Waals surface area contributed by atoms with Crippen LogP contribution in [0, 0.1) is 0 Å². The zero-order valence-electron chi connectivity index (χ0n) is 16.4. The van der Waals surface area contributed by atoms with Gasteiger partial charge in [0, 0.05) is 19.0 Å². The third kappa shape index (κ3) is 3.26. The second-order valence-electron chi connectivity index (χ2n) is 7.84. The van der Waals surface area contributed by atoms with Gasteiger partial charge in [-0.25, -0.2) is 4.98 Å². The molecule has 0 atom stereocenters. The molecule has 0 spiro atoms. The molecule has 10 heteroatoms. The Bertz CT molecular complexity index is 1190. The van der Waals surface area contributed by atoms with Crippen molar-refractivity contribution < 1.29 is 0 Å². The van der Waals surface area contributed by atoms with Crippen LogP contribution in [0.1, 0.15) is 42.4 Å². The van der Waals surface area contributed by atoms with Gasteiger partial charge >= 0.3 is 0 Å². The molecule has 152 valence electrons. The minimum atomic E-state index is 0.574. The fourth-order valence-corrected chi connectivity index (χ4v) is 5.18. The summed E-state index contributed by atoms with van der Waals surface area (Å²) in [6.07, 6.45) is 8.74. The van der Waals surface area contributed by atoms with E-state index in [9.17, 15) is 0 Å². The van der Waals surface area contributed by atoms with E-state index in [1.807, 2.05) is 18.3 Å². The van der Waals surface area contributed by atoms with Crippen LogP contribution in [0.4, 0.5) is 16.6 Å². The molecule has 0 bridgehead atoms. The molecule has 30 heavy (non-hydrogen) atoms. The number of hydrogen-bond acceptors (Lipinski definition) is 9. The van der Waals surface area contributed by atoms with Crippen LogP contribution >= 0.6 is 11.3 Å². The van der Waals surface area contributed by atoms with Gasteiger partial charge in [-0.3, -0.25) is 4.98 Å². The van der Waals surface area contributed by atoms with Gasteiger partial charge in [0.05, 0.1) is 29.5 Å². The first kappa shape index (κ1) is 17.7. The maximum absolute atomic E-state index is 4.77. The molecule has 1 N–H and O–H groups in total. The molecule has 1 fully saturated rings. The summed E-state index contributed by atoms with van der Waals surface area (Å²) in [6.45, 7) is 2.49.